The molecule has 0 radical (unpaired) electrons. The van der Waals surface area contributed by atoms with Gasteiger partial charge in [-0.15, -0.1) is 0 Å². The molecular formula is C14H17FN2. The Kier molecular flexibility index (Phi) is 3.94. The van der Waals surface area contributed by atoms with Crippen LogP contribution < -0.4 is 5.32 Å². The average Bonchev–Trinajstić information content (AvgIpc) is 2.85. The van der Waals surface area contributed by atoms with Crippen LogP contribution in [0.4, 0.5) is 4.39 Å². The summed E-state index contributed by atoms with van der Waals surface area (Å²) in [5.41, 5.74) is 2.55. The maximum absolute atomic E-state index is 13.7. The van der Waals surface area contributed by atoms with Gasteiger partial charge >= 0.3 is 0 Å². The van der Waals surface area contributed by atoms with E-state index in [9.17, 15) is 4.39 Å². The molecule has 0 fully saturated rings. The van der Waals surface area contributed by atoms with Gasteiger partial charge in [-0.2, -0.15) is 0 Å². The van der Waals surface area contributed by atoms with Crippen molar-refractivity contribution in [1.82, 2.24) is 10.3 Å². The van der Waals surface area contributed by atoms with Crippen molar-refractivity contribution < 1.29 is 4.39 Å². The van der Waals surface area contributed by atoms with Crippen molar-refractivity contribution in [1.29, 1.82) is 0 Å². The van der Waals surface area contributed by atoms with E-state index in [2.05, 4.69) is 17.2 Å². The smallest absolute Gasteiger partial charge is 0.132 e. The maximum atomic E-state index is 13.7. The Bertz CT molecular complexity index is 463. The van der Waals surface area contributed by atoms with E-state index in [4.69, 9.17) is 0 Å². The van der Waals surface area contributed by atoms with Gasteiger partial charge in [0.1, 0.15) is 5.82 Å². The number of hydrogen-bond donors (Lipinski definition) is 2. The fourth-order valence-corrected chi connectivity index (χ4v) is 1.80. The van der Waals surface area contributed by atoms with Gasteiger partial charge in [0.15, 0.2) is 0 Å². The first kappa shape index (κ1) is 11.9. The van der Waals surface area contributed by atoms with Crippen LogP contribution in [0.25, 0.3) is 11.3 Å². The Morgan fingerprint density at radius 2 is 2.18 bits per heavy atom. The Morgan fingerprint density at radius 1 is 1.29 bits per heavy atom. The molecule has 0 aliphatic heterocycles. The molecule has 2 nitrogen and oxygen atoms in total. The van der Waals surface area contributed by atoms with Crippen LogP contribution in [-0.4, -0.2) is 11.5 Å². The van der Waals surface area contributed by atoms with Crippen molar-refractivity contribution in [3.8, 4) is 11.3 Å². The normalized spacial score (nSPS) is 10.7. The van der Waals surface area contributed by atoms with Gasteiger partial charge in [0.05, 0.1) is 0 Å². The SMILES string of the molecule is CCCNCc1ccc(F)c(-c2ccc[nH]2)c1. The van der Waals surface area contributed by atoms with Crippen LogP contribution in [0.15, 0.2) is 36.5 Å². The lowest BCUT2D eigenvalue weighted by atomic mass is 10.1. The first-order chi connectivity index (χ1) is 8.31. The number of hydrogen-bond acceptors (Lipinski definition) is 1. The molecule has 0 amide bonds. The van der Waals surface area contributed by atoms with Gasteiger partial charge in [0.25, 0.3) is 0 Å². The Balaban J connectivity index is 2.18. The highest BCUT2D eigenvalue weighted by atomic mass is 19.1. The zero-order valence-electron chi connectivity index (χ0n) is 9.96. The summed E-state index contributed by atoms with van der Waals surface area (Å²) in [6.07, 6.45) is 2.90. The number of rotatable bonds is 5. The van der Waals surface area contributed by atoms with E-state index in [1.807, 2.05) is 24.3 Å². The molecule has 0 atom stereocenters. The number of benzene rings is 1. The van der Waals surface area contributed by atoms with Gasteiger partial charge in [-0.25, -0.2) is 4.39 Å². The minimum absolute atomic E-state index is 0.188. The molecule has 2 aromatic rings. The highest BCUT2D eigenvalue weighted by Crippen LogP contribution is 2.22. The molecular weight excluding hydrogens is 215 g/mol. The predicted octanol–water partition coefficient (Wildman–Crippen LogP) is 3.32. The van der Waals surface area contributed by atoms with E-state index < -0.39 is 0 Å². The van der Waals surface area contributed by atoms with Gasteiger partial charge in [0.2, 0.25) is 0 Å². The molecule has 90 valence electrons. The average molecular weight is 232 g/mol. The lowest BCUT2D eigenvalue weighted by Crippen LogP contribution is -2.13. The number of aromatic amines is 1. The summed E-state index contributed by atoms with van der Waals surface area (Å²) in [5, 5.41) is 3.31. The minimum Gasteiger partial charge on any atom is -0.361 e. The first-order valence-electron chi connectivity index (χ1n) is 5.94. The van der Waals surface area contributed by atoms with Crippen molar-refractivity contribution in [2.24, 2.45) is 0 Å². The van der Waals surface area contributed by atoms with E-state index in [-0.39, 0.29) is 5.82 Å². The van der Waals surface area contributed by atoms with Crippen molar-refractivity contribution in [3.05, 3.63) is 47.9 Å². The third-order valence-corrected chi connectivity index (χ3v) is 2.67. The monoisotopic (exact) mass is 232 g/mol. The number of halogens is 1. The first-order valence-corrected chi connectivity index (χ1v) is 5.94. The second kappa shape index (κ2) is 5.64. The van der Waals surface area contributed by atoms with Gasteiger partial charge in [0, 0.05) is 24.0 Å². The van der Waals surface area contributed by atoms with Crippen LogP contribution in [0.2, 0.25) is 0 Å². The molecule has 0 saturated carbocycles. The molecule has 0 unspecified atom stereocenters. The van der Waals surface area contributed by atoms with E-state index in [1.54, 1.807) is 6.20 Å². The minimum atomic E-state index is -0.188. The van der Waals surface area contributed by atoms with Crippen LogP contribution in [0, 0.1) is 5.82 Å². The van der Waals surface area contributed by atoms with Crippen LogP contribution in [0.1, 0.15) is 18.9 Å². The van der Waals surface area contributed by atoms with Crippen LogP contribution in [0.5, 0.6) is 0 Å². The molecule has 0 bridgehead atoms. The van der Waals surface area contributed by atoms with Gasteiger partial charge in [-0.3, -0.25) is 0 Å². The second-order valence-corrected chi connectivity index (χ2v) is 4.07. The van der Waals surface area contributed by atoms with E-state index in [0.29, 0.717) is 5.56 Å². The summed E-state index contributed by atoms with van der Waals surface area (Å²) in [4.78, 5) is 3.03. The van der Waals surface area contributed by atoms with E-state index in [0.717, 1.165) is 30.8 Å². The zero-order chi connectivity index (χ0) is 12.1. The molecule has 1 aromatic carbocycles. The summed E-state index contributed by atoms with van der Waals surface area (Å²) >= 11 is 0. The lowest BCUT2D eigenvalue weighted by Gasteiger charge is -2.06. The summed E-state index contributed by atoms with van der Waals surface area (Å²) in [6.45, 7) is 3.89. The molecule has 1 heterocycles. The topological polar surface area (TPSA) is 27.8 Å². The second-order valence-electron chi connectivity index (χ2n) is 4.07. The number of H-pyrrole nitrogens is 1. The molecule has 0 aliphatic rings. The summed E-state index contributed by atoms with van der Waals surface area (Å²) in [7, 11) is 0. The van der Waals surface area contributed by atoms with Crippen molar-refractivity contribution in [2.45, 2.75) is 19.9 Å². The molecule has 1 aromatic heterocycles. The van der Waals surface area contributed by atoms with Gasteiger partial charge in [-0.1, -0.05) is 13.0 Å². The highest BCUT2D eigenvalue weighted by Gasteiger charge is 2.06. The number of aromatic nitrogens is 1. The van der Waals surface area contributed by atoms with Crippen molar-refractivity contribution in [3.63, 3.8) is 0 Å². The quantitative estimate of drug-likeness (QED) is 0.760. The Labute approximate surface area is 101 Å². The predicted molar refractivity (Wildman–Crippen MR) is 68.2 cm³/mol. The number of nitrogens with one attached hydrogen (secondary N) is 2. The van der Waals surface area contributed by atoms with Crippen LogP contribution >= 0.6 is 0 Å². The fraction of sp³-hybridized carbons (Fsp3) is 0.286. The van der Waals surface area contributed by atoms with Crippen LogP contribution in [0.3, 0.4) is 0 Å². The van der Waals surface area contributed by atoms with E-state index in [1.165, 1.54) is 6.07 Å². The Morgan fingerprint density at radius 3 is 2.88 bits per heavy atom. The summed E-state index contributed by atoms with van der Waals surface area (Å²) in [5.74, 6) is -0.188. The maximum Gasteiger partial charge on any atom is 0.132 e. The lowest BCUT2D eigenvalue weighted by molar-refractivity contribution is 0.627. The molecule has 0 saturated heterocycles. The third-order valence-electron chi connectivity index (χ3n) is 2.67. The molecule has 2 N–H and O–H groups in total. The van der Waals surface area contributed by atoms with Gasteiger partial charge in [-0.05, 0) is 42.8 Å². The standard InChI is InChI=1S/C14H17FN2/c1-2-7-16-10-11-5-6-13(15)12(9-11)14-4-3-8-17-14/h3-6,8-9,16-17H,2,7,10H2,1H3. The third kappa shape index (κ3) is 2.94. The Hall–Kier alpha value is -1.61. The van der Waals surface area contributed by atoms with E-state index >= 15 is 0 Å². The molecule has 17 heavy (non-hydrogen) atoms. The zero-order valence-corrected chi connectivity index (χ0v) is 9.96. The summed E-state index contributed by atoms with van der Waals surface area (Å²) in [6, 6.07) is 8.99. The van der Waals surface area contributed by atoms with Gasteiger partial charge < -0.3 is 10.3 Å². The molecule has 3 heteroatoms. The van der Waals surface area contributed by atoms with Crippen molar-refractivity contribution >= 4 is 0 Å². The van der Waals surface area contributed by atoms with Crippen LogP contribution in [-0.2, 0) is 6.54 Å². The highest BCUT2D eigenvalue weighted by molar-refractivity contribution is 5.61. The molecule has 0 spiro atoms. The fourth-order valence-electron chi connectivity index (χ4n) is 1.80. The largest absolute Gasteiger partial charge is 0.361 e. The molecule has 2 rings (SSSR count). The molecule has 0 aliphatic carbocycles. The summed E-state index contributed by atoms with van der Waals surface area (Å²) < 4.78 is 13.7. The van der Waals surface area contributed by atoms with Crippen molar-refractivity contribution in [2.75, 3.05) is 6.54 Å².